The summed E-state index contributed by atoms with van der Waals surface area (Å²) in [5.74, 6) is -3.91. The molecule has 0 spiro atoms. The molecule has 0 unspecified atom stereocenters. The number of nitrogens with two attached hydrogens (primary N) is 2. The van der Waals surface area contributed by atoms with Gasteiger partial charge in [0, 0.05) is 13.3 Å². The van der Waals surface area contributed by atoms with E-state index in [1.54, 1.807) is 0 Å². The Kier molecular flexibility index (Phi) is 5.71. The largest absolute Gasteiger partial charge is 0.421 e. The summed E-state index contributed by atoms with van der Waals surface area (Å²) >= 11 is 0. The molecule has 0 fully saturated rings. The van der Waals surface area contributed by atoms with Crippen LogP contribution in [0.3, 0.4) is 0 Å². The number of carbonyl (C=O) groups is 4. The van der Waals surface area contributed by atoms with Gasteiger partial charge in [-0.05, 0) is 6.42 Å². The molecule has 1 amide bonds. The van der Waals surface area contributed by atoms with Crippen LogP contribution < -0.4 is 11.5 Å². The van der Waals surface area contributed by atoms with Crippen LogP contribution >= 0.6 is 0 Å². The molecule has 0 aliphatic rings. The van der Waals surface area contributed by atoms with Crippen LogP contribution in [0, 0.1) is 0 Å². The second-order valence-corrected chi connectivity index (χ2v) is 2.94. The minimum atomic E-state index is -1.31. The molecule has 1 atom stereocenters. The van der Waals surface area contributed by atoms with Crippen molar-refractivity contribution in [2.75, 3.05) is 0 Å². The van der Waals surface area contributed by atoms with Gasteiger partial charge >= 0.3 is 11.9 Å². The van der Waals surface area contributed by atoms with Crippen molar-refractivity contribution in [1.29, 1.82) is 0 Å². The Morgan fingerprint density at radius 1 is 1.19 bits per heavy atom. The molecule has 16 heavy (non-hydrogen) atoms. The van der Waals surface area contributed by atoms with E-state index in [-0.39, 0.29) is 12.8 Å². The van der Waals surface area contributed by atoms with Crippen molar-refractivity contribution in [3.05, 3.63) is 0 Å². The number of carbonyl (C=O) groups excluding carboxylic acids is 4. The summed E-state index contributed by atoms with van der Waals surface area (Å²) < 4.78 is 0. The fourth-order valence-electron chi connectivity index (χ4n) is 0.615. The molecule has 0 bridgehead atoms. The van der Waals surface area contributed by atoms with Gasteiger partial charge in [-0.1, -0.05) is 0 Å². The minimum absolute atomic E-state index is 0.0359. The van der Waals surface area contributed by atoms with Gasteiger partial charge in [-0.25, -0.2) is 19.4 Å². The van der Waals surface area contributed by atoms with Gasteiger partial charge in [0.1, 0.15) is 6.04 Å². The van der Waals surface area contributed by atoms with Gasteiger partial charge in [-0.2, -0.15) is 0 Å². The van der Waals surface area contributed by atoms with Crippen molar-refractivity contribution >= 4 is 23.6 Å². The summed E-state index contributed by atoms with van der Waals surface area (Å²) in [5, 5.41) is 0. The highest BCUT2D eigenvalue weighted by Gasteiger charge is 2.20. The average Bonchev–Trinajstić information content (AvgIpc) is 2.21. The van der Waals surface area contributed by atoms with Gasteiger partial charge < -0.3 is 11.5 Å². The molecule has 0 rings (SSSR count). The zero-order valence-corrected chi connectivity index (χ0v) is 8.60. The average molecular weight is 232 g/mol. The van der Waals surface area contributed by atoms with Crippen LogP contribution in [0.25, 0.3) is 0 Å². The van der Waals surface area contributed by atoms with E-state index in [1.165, 1.54) is 0 Å². The molecule has 0 aliphatic carbocycles. The highest BCUT2D eigenvalue weighted by atomic mass is 17.2. The maximum Gasteiger partial charge on any atom is 0.421 e. The summed E-state index contributed by atoms with van der Waals surface area (Å²) in [6.07, 6.45) is -0.136. The van der Waals surface area contributed by atoms with Crippen LogP contribution in [0.15, 0.2) is 0 Å². The Balaban J connectivity index is 3.92. The first-order valence-corrected chi connectivity index (χ1v) is 4.31. The van der Waals surface area contributed by atoms with E-state index in [0.29, 0.717) is 0 Å². The van der Waals surface area contributed by atoms with E-state index in [9.17, 15) is 19.2 Å². The maximum atomic E-state index is 11.0. The Morgan fingerprint density at radius 2 is 1.75 bits per heavy atom. The van der Waals surface area contributed by atoms with Gasteiger partial charge in [0.25, 0.3) is 0 Å². The van der Waals surface area contributed by atoms with Gasteiger partial charge in [0.15, 0.2) is 0 Å². The maximum absolute atomic E-state index is 11.0. The minimum Gasteiger partial charge on any atom is -0.370 e. The van der Waals surface area contributed by atoms with Crippen LogP contribution in [0.5, 0.6) is 0 Å². The van der Waals surface area contributed by atoms with E-state index >= 15 is 0 Å². The lowest BCUT2D eigenvalue weighted by atomic mass is 10.2. The molecule has 8 heteroatoms. The summed E-state index contributed by atoms with van der Waals surface area (Å²) in [5.41, 5.74) is 10.1. The van der Waals surface area contributed by atoms with E-state index in [4.69, 9.17) is 11.5 Å². The van der Waals surface area contributed by atoms with E-state index < -0.39 is 29.7 Å². The summed E-state index contributed by atoms with van der Waals surface area (Å²) in [7, 11) is 0. The van der Waals surface area contributed by atoms with E-state index in [2.05, 4.69) is 9.78 Å². The Labute approximate surface area is 90.8 Å². The lowest BCUT2D eigenvalue weighted by Crippen LogP contribution is -2.34. The molecule has 8 nitrogen and oxygen atoms in total. The lowest BCUT2D eigenvalue weighted by Gasteiger charge is -2.07. The second kappa shape index (κ2) is 6.51. The van der Waals surface area contributed by atoms with Gasteiger partial charge in [0.2, 0.25) is 11.7 Å². The van der Waals surface area contributed by atoms with E-state index in [0.717, 1.165) is 6.92 Å². The predicted octanol–water partition coefficient (Wildman–Crippen LogP) is -1.83. The van der Waals surface area contributed by atoms with Crippen molar-refractivity contribution in [3.8, 4) is 0 Å². The summed E-state index contributed by atoms with van der Waals surface area (Å²) in [4.78, 5) is 50.1. The number of Topliss-reactive ketones (excluding diaryl/α,β-unsaturated/α-hetero) is 1. The molecule has 0 saturated heterocycles. The molecule has 4 N–H and O–H groups in total. The molecule has 0 heterocycles. The monoisotopic (exact) mass is 232 g/mol. The molecular weight excluding hydrogens is 220 g/mol. The molecular formula is C8H12N2O6. The molecule has 0 aromatic carbocycles. The smallest absolute Gasteiger partial charge is 0.370 e. The van der Waals surface area contributed by atoms with Crippen molar-refractivity contribution < 1.29 is 29.0 Å². The lowest BCUT2D eigenvalue weighted by molar-refractivity contribution is -0.257. The molecule has 0 aliphatic heterocycles. The van der Waals surface area contributed by atoms with Gasteiger partial charge in [0.05, 0.1) is 0 Å². The fourth-order valence-corrected chi connectivity index (χ4v) is 0.615. The third-order valence-corrected chi connectivity index (χ3v) is 1.49. The molecule has 90 valence electrons. The van der Waals surface area contributed by atoms with Crippen molar-refractivity contribution in [2.45, 2.75) is 25.8 Å². The summed E-state index contributed by atoms with van der Waals surface area (Å²) in [6.45, 7) is 0.948. The van der Waals surface area contributed by atoms with Crippen molar-refractivity contribution in [3.63, 3.8) is 0 Å². The Morgan fingerprint density at radius 3 is 2.19 bits per heavy atom. The van der Waals surface area contributed by atoms with Crippen LogP contribution in [0.4, 0.5) is 0 Å². The molecule has 0 aromatic heterocycles. The number of primary amides is 1. The first-order valence-electron chi connectivity index (χ1n) is 4.31. The normalized spacial score (nSPS) is 11.4. The molecule has 0 saturated carbocycles. The van der Waals surface area contributed by atoms with Crippen molar-refractivity contribution in [2.24, 2.45) is 11.5 Å². The predicted molar refractivity (Wildman–Crippen MR) is 49.3 cm³/mol. The molecule has 0 aromatic rings. The third-order valence-electron chi connectivity index (χ3n) is 1.49. The number of hydrogen-bond acceptors (Lipinski definition) is 7. The highest BCUT2D eigenvalue weighted by molar-refractivity contribution is 6.32. The SMILES string of the molecule is CC(=O)C(=O)OOC(=O)[C@@H](N)CCC(N)=O. The Hall–Kier alpha value is -1.96. The van der Waals surface area contributed by atoms with E-state index in [1.807, 2.05) is 0 Å². The van der Waals surface area contributed by atoms with Crippen molar-refractivity contribution in [1.82, 2.24) is 0 Å². The van der Waals surface area contributed by atoms with Crippen LogP contribution in [0.2, 0.25) is 0 Å². The second-order valence-electron chi connectivity index (χ2n) is 2.94. The number of ketones is 1. The van der Waals surface area contributed by atoms with Gasteiger partial charge in [-0.15, -0.1) is 0 Å². The first kappa shape index (κ1) is 14.0. The summed E-state index contributed by atoms with van der Waals surface area (Å²) in [6, 6.07) is -1.15. The van der Waals surface area contributed by atoms with Gasteiger partial charge in [-0.3, -0.25) is 9.59 Å². The highest BCUT2D eigenvalue weighted by Crippen LogP contribution is 1.97. The first-order chi connectivity index (χ1) is 7.34. The van der Waals surface area contributed by atoms with Crippen LogP contribution in [-0.4, -0.2) is 29.7 Å². The quantitative estimate of drug-likeness (QED) is 0.323. The molecule has 0 radical (unpaired) electrons. The van der Waals surface area contributed by atoms with Crippen LogP contribution in [-0.2, 0) is 29.0 Å². The van der Waals surface area contributed by atoms with Crippen LogP contribution in [0.1, 0.15) is 19.8 Å². The fraction of sp³-hybridized carbons (Fsp3) is 0.500. The number of hydrogen-bond donors (Lipinski definition) is 2. The number of rotatable bonds is 5. The third kappa shape index (κ3) is 5.70. The zero-order chi connectivity index (χ0) is 12.7. The number of amides is 1. The Bertz CT molecular complexity index is 314. The zero-order valence-electron chi connectivity index (χ0n) is 8.60. The topological polar surface area (TPSA) is 139 Å². The standard InChI is InChI=1S/C8H12N2O6/c1-4(11)7(13)15-16-8(14)5(9)2-3-6(10)12/h5H,2-3,9H2,1H3,(H2,10,12)/t5-/m0/s1.